The van der Waals surface area contributed by atoms with Crippen molar-refractivity contribution in [2.75, 3.05) is 0 Å². The summed E-state index contributed by atoms with van der Waals surface area (Å²) in [6, 6.07) is 1.59. The van der Waals surface area contributed by atoms with E-state index in [1.807, 2.05) is 0 Å². The van der Waals surface area contributed by atoms with Gasteiger partial charge in [-0.15, -0.1) is 5.10 Å². The molecule has 0 aliphatic carbocycles. The Morgan fingerprint density at radius 2 is 2.42 bits per heavy atom. The fraction of sp³-hybridized carbons (Fsp3) is 0.286. The molecule has 0 amide bonds. The Labute approximate surface area is 68.0 Å². The Bertz CT molecular complexity index is 440. The molecule has 0 radical (unpaired) electrons. The Morgan fingerprint density at radius 1 is 1.67 bits per heavy atom. The van der Waals surface area contributed by atoms with E-state index in [9.17, 15) is 4.79 Å². The molecule has 2 aromatic heterocycles. The Hall–Kier alpha value is -1.65. The SMILES string of the molecule is CC(=O)c1cc2nnn(C)c2o1. The van der Waals surface area contributed by atoms with Crippen molar-refractivity contribution in [3.05, 3.63) is 11.8 Å². The lowest BCUT2D eigenvalue weighted by molar-refractivity contribution is 0.0988. The molecule has 2 heterocycles. The quantitative estimate of drug-likeness (QED) is 0.585. The number of fused-ring (bicyclic) bond motifs is 1. The highest BCUT2D eigenvalue weighted by atomic mass is 16.4. The second-order valence-electron chi connectivity index (χ2n) is 2.57. The first-order chi connectivity index (χ1) is 5.68. The van der Waals surface area contributed by atoms with Gasteiger partial charge >= 0.3 is 0 Å². The highest BCUT2D eigenvalue weighted by Gasteiger charge is 2.11. The standard InChI is InChI=1S/C7H7N3O2/c1-4(11)6-3-5-7(12-6)10(2)9-8-5/h3H,1-2H3. The van der Waals surface area contributed by atoms with Crippen LogP contribution in [0.2, 0.25) is 0 Å². The molecule has 0 spiro atoms. The van der Waals surface area contributed by atoms with Gasteiger partial charge in [-0.05, 0) is 0 Å². The molecule has 2 rings (SSSR count). The molecule has 0 saturated carbocycles. The number of aromatic nitrogens is 3. The van der Waals surface area contributed by atoms with Crippen molar-refractivity contribution >= 4 is 17.0 Å². The minimum Gasteiger partial charge on any atom is -0.433 e. The molecule has 0 fully saturated rings. The first-order valence-corrected chi connectivity index (χ1v) is 3.48. The number of carbonyl (C=O) groups excluding carboxylic acids is 1. The molecule has 0 aliphatic rings. The van der Waals surface area contributed by atoms with Gasteiger partial charge in [-0.3, -0.25) is 4.79 Å². The second kappa shape index (κ2) is 2.17. The van der Waals surface area contributed by atoms with Crippen LogP contribution in [0.3, 0.4) is 0 Å². The molecule has 5 nitrogen and oxygen atoms in total. The molecule has 0 N–H and O–H groups in total. The van der Waals surface area contributed by atoms with E-state index >= 15 is 0 Å². The van der Waals surface area contributed by atoms with Crippen LogP contribution < -0.4 is 0 Å². The lowest BCUT2D eigenvalue weighted by Gasteiger charge is -1.86. The summed E-state index contributed by atoms with van der Waals surface area (Å²) in [7, 11) is 1.71. The largest absolute Gasteiger partial charge is 0.433 e. The third kappa shape index (κ3) is 0.827. The summed E-state index contributed by atoms with van der Waals surface area (Å²) < 4.78 is 6.68. The van der Waals surface area contributed by atoms with E-state index in [4.69, 9.17) is 4.42 Å². The first-order valence-electron chi connectivity index (χ1n) is 3.48. The van der Waals surface area contributed by atoms with Crippen LogP contribution in [0.5, 0.6) is 0 Å². The van der Waals surface area contributed by atoms with E-state index in [1.54, 1.807) is 13.1 Å². The van der Waals surface area contributed by atoms with Crippen LogP contribution in [0.25, 0.3) is 11.2 Å². The van der Waals surface area contributed by atoms with E-state index in [0.29, 0.717) is 17.0 Å². The van der Waals surface area contributed by atoms with Crippen molar-refractivity contribution < 1.29 is 9.21 Å². The molecule has 0 aromatic carbocycles. The lowest BCUT2D eigenvalue weighted by atomic mass is 10.3. The van der Waals surface area contributed by atoms with Crippen LogP contribution >= 0.6 is 0 Å². The zero-order valence-corrected chi connectivity index (χ0v) is 6.74. The molecule has 0 atom stereocenters. The number of aryl methyl sites for hydroxylation is 1. The van der Waals surface area contributed by atoms with Gasteiger partial charge in [0.25, 0.3) is 0 Å². The number of Topliss-reactive ketones (excluding diaryl/α,β-unsaturated/α-hetero) is 1. The minimum atomic E-state index is -0.104. The maximum Gasteiger partial charge on any atom is 0.245 e. The smallest absolute Gasteiger partial charge is 0.245 e. The van der Waals surface area contributed by atoms with Crippen molar-refractivity contribution in [1.29, 1.82) is 0 Å². The van der Waals surface area contributed by atoms with Gasteiger partial charge in [-0.25, -0.2) is 4.68 Å². The third-order valence-electron chi connectivity index (χ3n) is 1.62. The summed E-state index contributed by atoms with van der Waals surface area (Å²) in [6.45, 7) is 1.45. The van der Waals surface area contributed by atoms with Gasteiger partial charge in [-0.2, -0.15) is 0 Å². The maximum atomic E-state index is 10.9. The summed E-state index contributed by atoms with van der Waals surface area (Å²) in [4.78, 5) is 10.9. The molecule has 0 aliphatic heterocycles. The van der Waals surface area contributed by atoms with Crippen LogP contribution in [0.1, 0.15) is 17.5 Å². The summed E-state index contributed by atoms with van der Waals surface area (Å²) in [5.74, 6) is 0.221. The van der Waals surface area contributed by atoms with E-state index < -0.39 is 0 Å². The number of nitrogens with zero attached hydrogens (tertiary/aromatic N) is 3. The van der Waals surface area contributed by atoms with Crippen molar-refractivity contribution in [1.82, 2.24) is 15.0 Å². The number of hydrogen-bond donors (Lipinski definition) is 0. The summed E-state index contributed by atoms with van der Waals surface area (Å²) in [5.41, 5.74) is 1.14. The number of hydrogen-bond acceptors (Lipinski definition) is 4. The minimum absolute atomic E-state index is 0.104. The summed E-state index contributed by atoms with van der Waals surface area (Å²) in [5, 5.41) is 7.51. The zero-order valence-electron chi connectivity index (χ0n) is 6.74. The number of ketones is 1. The van der Waals surface area contributed by atoms with Gasteiger partial charge in [0.15, 0.2) is 17.1 Å². The van der Waals surface area contributed by atoms with E-state index in [0.717, 1.165) is 0 Å². The zero-order chi connectivity index (χ0) is 8.72. The Kier molecular flexibility index (Phi) is 1.27. The van der Waals surface area contributed by atoms with Crippen LogP contribution in [0.4, 0.5) is 0 Å². The van der Waals surface area contributed by atoms with Gasteiger partial charge in [0.05, 0.1) is 0 Å². The normalized spacial score (nSPS) is 10.8. The van der Waals surface area contributed by atoms with Crippen molar-refractivity contribution in [2.45, 2.75) is 6.92 Å². The molecule has 62 valence electrons. The molecular formula is C7H7N3O2. The highest BCUT2D eigenvalue weighted by molar-refractivity contribution is 5.94. The van der Waals surface area contributed by atoms with E-state index in [-0.39, 0.29) is 5.78 Å². The Balaban J connectivity index is 2.70. The molecular weight excluding hydrogens is 158 g/mol. The molecule has 12 heavy (non-hydrogen) atoms. The first kappa shape index (κ1) is 7.02. The summed E-state index contributed by atoms with van der Waals surface area (Å²) in [6.07, 6.45) is 0. The predicted molar refractivity (Wildman–Crippen MR) is 40.8 cm³/mol. The van der Waals surface area contributed by atoms with Gasteiger partial charge in [-0.1, -0.05) is 5.21 Å². The number of carbonyl (C=O) groups is 1. The van der Waals surface area contributed by atoms with Gasteiger partial charge in [0.1, 0.15) is 0 Å². The molecule has 0 unspecified atom stereocenters. The van der Waals surface area contributed by atoms with Crippen molar-refractivity contribution in [3.8, 4) is 0 Å². The van der Waals surface area contributed by atoms with E-state index in [1.165, 1.54) is 11.6 Å². The van der Waals surface area contributed by atoms with Crippen LogP contribution in [0, 0.1) is 0 Å². The van der Waals surface area contributed by atoms with Gasteiger partial charge < -0.3 is 4.42 Å². The van der Waals surface area contributed by atoms with Crippen LogP contribution in [-0.4, -0.2) is 20.8 Å². The van der Waals surface area contributed by atoms with Crippen molar-refractivity contribution in [2.24, 2.45) is 7.05 Å². The number of furan rings is 1. The predicted octanol–water partition coefficient (Wildman–Crippen LogP) is 0.764. The second-order valence-corrected chi connectivity index (χ2v) is 2.57. The Morgan fingerprint density at radius 3 is 3.00 bits per heavy atom. The average Bonchev–Trinajstić information content (AvgIpc) is 2.53. The number of rotatable bonds is 1. The van der Waals surface area contributed by atoms with Crippen LogP contribution in [-0.2, 0) is 7.05 Å². The van der Waals surface area contributed by atoms with Gasteiger partial charge in [0, 0.05) is 20.0 Å². The molecule has 2 aromatic rings. The molecule has 5 heteroatoms. The maximum absolute atomic E-state index is 10.9. The highest BCUT2D eigenvalue weighted by Crippen LogP contribution is 2.15. The van der Waals surface area contributed by atoms with Gasteiger partial charge in [0.2, 0.25) is 5.71 Å². The topological polar surface area (TPSA) is 60.9 Å². The third-order valence-corrected chi connectivity index (χ3v) is 1.62. The average molecular weight is 165 g/mol. The fourth-order valence-electron chi connectivity index (χ4n) is 1.00. The lowest BCUT2D eigenvalue weighted by Crippen LogP contribution is -1.91. The van der Waals surface area contributed by atoms with Crippen molar-refractivity contribution in [3.63, 3.8) is 0 Å². The molecule has 0 saturated heterocycles. The summed E-state index contributed by atoms with van der Waals surface area (Å²) >= 11 is 0. The van der Waals surface area contributed by atoms with Crippen LogP contribution in [0.15, 0.2) is 10.5 Å². The fourth-order valence-corrected chi connectivity index (χ4v) is 1.00. The van der Waals surface area contributed by atoms with E-state index in [2.05, 4.69) is 10.3 Å². The monoisotopic (exact) mass is 165 g/mol. The molecule has 0 bridgehead atoms.